The van der Waals surface area contributed by atoms with E-state index in [-0.39, 0.29) is 0 Å². The molecule has 5 nitrogen and oxygen atoms in total. The van der Waals surface area contributed by atoms with Gasteiger partial charge < -0.3 is 21.1 Å². The molecule has 0 aliphatic carbocycles. The van der Waals surface area contributed by atoms with Gasteiger partial charge >= 0.3 is 6.03 Å². The summed E-state index contributed by atoms with van der Waals surface area (Å²) in [5.74, 6) is 0.866. The molecule has 0 aliphatic heterocycles. The summed E-state index contributed by atoms with van der Waals surface area (Å²) in [6.07, 6.45) is 0.931. The van der Waals surface area contributed by atoms with Crippen LogP contribution < -0.4 is 21.1 Å². The van der Waals surface area contributed by atoms with Crippen LogP contribution in [0.4, 0.5) is 4.79 Å². The Morgan fingerprint density at radius 3 is 2.56 bits per heavy atom. The fourth-order valence-corrected chi connectivity index (χ4v) is 1.69. The Morgan fingerprint density at radius 1 is 1.33 bits per heavy atom. The average Bonchev–Trinajstić information content (AvgIpc) is 2.35. The van der Waals surface area contributed by atoms with Gasteiger partial charge in [-0.2, -0.15) is 0 Å². The summed E-state index contributed by atoms with van der Waals surface area (Å²) in [6.45, 7) is 3.36. The van der Waals surface area contributed by atoms with Gasteiger partial charge in [0.2, 0.25) is 0 Å². The molecular weight excluding hydrogens is 230 g/mol. The Hall–Kier alpha value is -1.75. The number of ether oxygens (including phenoxy) is 1. The van der Waals surface area contributed by atoms with Gasteiger partial charge in [0.05, 0.1) is 7.11 Å². The molecule has 0 saturated carbocycles. The summed E-state index contributed by atoms with van der Waals surface area (Å²) in [6, 6.07) is 7.87. The van der Waals surface area contributed by atoms with E-state index in [1.54, 1.807) is 7.11 Å². The third-order valence-corrected chi connectivity index (χ3v) is 2.62. The Kier molecular flexibility index (Phi) is 6.00. The first kappa shape index (κ1) is 14.3. The van der Waals surface area contributed by atoms with E-state index in [0.717, 1.165) is 12.2 Å². The molecule has 1 rings (SSSR count). The molecule has 1 unspecified atom stereocenters. The van der Waals surface area contributed by atoms with E-state index in [4.69, 9.17) is 10.5 Å². The van der Waals surface area contributed by atoms with E-state index in [1.165, 1.54) is 5.56 Å². The molecule has 100 valence electrons. The standard InChI is InChI=1S/C13H21N3O2/c1-10(15-7-8-16-13(14)17)9-11-3-5-12(18-2)6-4-11/h3-6,10,15H,7-9H2,1-2H3,(H3,14,16,17). The normalized spacial score (nSPS) is 11.9. The molecule has 18 heavy (non-hydrogen) atoms. The molecule has 0 aromatic heterocycles. The molecule has 0 spiro atoms. The lowest BCUT2D eigenvalue weighted by molar-refractivity contribution is 0.249. The average molecular weight is 251 g/mol. The van der Waals surface area contributed by atoms with Crippen molar-refractivity contribution in [3.05, 3.63) is 29.8 Å². The predicted molar refractivity (Wildman–Crippen MR) is 71.7 cm³/mol. The molecule has 0 radical (unpaired) electrons. The first-order valence-electron chi connectivity index (χ1n) is 6.01. The summed E-state index contributed by atoms with van der Waals surface area (Å²) >= 11 is 0. The van der Waals surface area contributed by atoms with E-state index >= 15 is 0 Å². The number of rotatable bonds is 7. The fourth-order valence-electron chi connectivity index (χ4n) is 1.69. The number of nitrogens with two attached hydrogens (primary N) is 1. The van der Waals surface area contributed by atoms with E-state index in [2.05, 4.69) is 29.7 Å². The van der Waals surface area contributed by atoms with Crippen LogP contribution in [0.2, 0.25) is 0 Å². The smallest absolute Gasteiger partial charge is 0.312 e. The second kappa shape index (κ2) is 7.55. The monoisotopic (exact) mass is 251 g/mol. The highest BCUT2D eigenvalue weighted by atomic mass is 16.5. The molecule has 0 bridgehead atoms. The zero-order valence-corrected chi connectivity index (χ0v) is 10.9. The number of amides is 2. The van der Waals surface area contributed by atoms with Crippen LogP contribution in [0.15, 0.2) is 24.3 Å². The summed E-state index contributed by atoms with van der Waals surface area (Å²) in [5.41, 5.74) is 6.22. The van der Waals surface area contributed by atoms with Gasteiger partial charge in [-0.1, -0.05) is 12.1 Å². The lowest BCUT2D eigenvalue weighted by atomic mass is 10.1. The molecule has 0 saturated heterocycles. The van der Waals surface area contributed by atoms with Gasteiger partial charge in [-0.05, 0) is 31.0 Å². The Labute approximate surface area is 108 Å². The van der Waals surface area contributed by atoms with Crippen molar-refractivity contribution in [2.24, 2.45) is 5.73 Å². The highest BCUT2D eigenvalue weighted by Crippen LogP contribution is 2.12. The molecule has 4 N–H and O–H groups in total. The van der Waals surface area contributed by atoms with Crippen molar-refractivity contribution >= 4 is 6.03 Å². The van der Waals surface area contributed by atoms with E-state index in [1.807, 2.05) is 12.1 Å². The molecule has 0 aliphatic rings. The molecule has 1 atom stereocenters. The summed E-state index contributed by atoms with van der Waals surface area (Å²) < 4.78 is 5.11. The van der Waals surface area contributed by atoms with E-state index in [9.17, 15) is 4.79 Å². The Morgan fingerprint density at radius 2 is 2.00 bits per heavy atom. The largest absolute Gasteiger partial charge is 0.497 e. The maximum Gasteiger partial charge on any atom is 0.312 e. The number of urea groups is 1. The van der Waals surface area contributed by atoms with Crippen molar-refractivity contribution in [2.75, 3.05) is 20.2 Å². The number of carbonyl (C=O) groups is 1. The third kappa shape index (κ3) is 5.54. The topological polar surface area (TPSA) is 76.4 Å². The van der Waals surface area contributed by atoms with Crippen LogP contribution in [0, 0.1) is 0 Å². The number of primary amides is 1. The van der Waals surface area contributed by atoms with Crippen LogP contribution in [0.5, 0.6) is 5.75 Å². The predicted octanol–water partition coefficient (Wildman–Crippen LogP) is 0.884. The van der Waals surface area contributed by atoms with Crippen molar-refractivity contribution in [1.82, 2.24) is 10.6 Å². The second-order valence-corrected chi connectivity index (χ2v) is 4.20. The van der Waals surface area contributed by atoms with Gasteiger partial charge in [0.1, 0.15) is 5.75 Å². The number of nitrogens with one attached hydrogen (secondary N) is 2. The quantitative estimate of drug-likeness (QED) is 0.630. The van der Waals surface area contributed by atoms with Crippen LogP contribution >= 0.6 is 0 Å². The van der Waals surface area contributed by atoms with Crippen molar-refractivity contribution in [2.45, 2.75) is 19.4 Å². The number of hydrogen-bond acceptors (Lipinski definition) is 3. The minimum Gasteiger partial charge on any atom is -0.497 e. The van der Waals surface area contributed by atoms with Crippen molar-refractivity contribution in [3.8, 4) is 5.75 Å². The van der Waals surface area contributed by atoms with Crippen LogP contribution in [0.1, 0.15) is 12.5 Å². The van der Waals surface area contributed by atoms with E-state index < -0.39 is 6.03 Å². The van der Waals surface area contributed by atoms with Gasteiger partial charge in [0.25, 0.3) is 0 Å². The lowest BCUT2D eigenvalue weighted by Crippen LogP contribution is -2.38. The van der Waals surface area contributed by atoms with Gasteiger partial charge in [0.15, 0.2) is 0 Å². The van der Waals surface area contributed by atoms with Crippen LogP contribution in [-0.2, 0) is 6.42 Å². The number of methoxy groups -OCH3 is 1. The van der Waals surface area contributed by atoms with Gasteiger partial charge in [-0.25, -0.2) is 4.79 Å². The van der Waals surface area contributed by atoms with Crippen molar-refractivity contribution in [1.29, 1.82) is 0 Å². The molecule has 1 aromatic rings. The second-order valence-electron chi connectivity index (χ2n) is 4.20. The highest BCUT2D eigenvalue weighted by molar-refractivity contribution is 5.71. The van der Waals surface area contributed by atoms with Crippen molar-refractivity contribution in [3.63, 3.8) is 0 Å². The number of hydrogen-bond donors (Lipinski definition) is 3. The van der Waals surface area contributed by atoms with Crippen molar-refractivity contribution < 1.29 is 9.53 Å². The molecule has 5 heteroatoms. The molecule has 2 amide bonds. The Balaban J connectivity index is 2.26. The maximum absolute atomic E-state index is 10.5. The van der Waals surface area contributed by atoms with Gasteiger partial charge in [-0.15, -0.1) is 0 Å². The fraction of sp³-hybridized carbons (Fsp3) is 0.462. The zero-order valence-electron chi connectivity index (χ0n) is 10.9. The van der Waals surface area contributed by atoms with E-state index in [0.29, 0.717) is 19.1 Å². The van der Waals surface area contributed by atoms with Crippen LogP contribution in [-0.4, -0.2) is 32.3 Å². The van der Waals surface area contributed by atoms with Gasteiger partial charge in [0, 0.05) is 19.1 Å². The molecule has 0 heterocycles. The first-order chi connectivity index (χ1) is 8.61. The first-order valence-corrected chi connectivity index (χ1v) is 6.01. The maximum atomic E-state index is 10.5. The van der Waals surface area contributed by atoms with Gasteiger partial charge in [-0.3, -0.25) is 0 Å². The number of carbonyl (C=O) groups excluding carboxylic acids is 1. The third-order valence-electron chi connectivity index (χ3n) is 2.62. The lowest BCUT2D eigenvalue weighted by Gasteiger charge is -2.14. The summed E-state index contributed by atoms with van der Waals surface area (Å²) in [4.78, 5) is 10.5. The minimum atomic E-state index is -0.486. The molecule has 1 aromatic carbocycles. The zero-order chi connectivity index (χ0) is 13.4. The Bertz CT molecular complexity index is 365. The van der Waals surface area contributed by atoms with Crippen LogP contribution in [0.3, 0.4) is 0 Å². The van der Waals surface area contributed by atoms with Crippen LogP contribution in [0.25, 0.3) is 0 Å². The number of benzene rings is 1. The summed E-state index contributed by atoms with van der Waals surface area (Å²) in [7, 11) is 1.66. The minimum absolute atomic E-state index is 0.341. The SMILES string of the molecule is COc1ccc(CC(C)NCCNC(N)=O)cc1. The molecule has 0 fully saturated rings. The summed E-state index contributed by atoms with van der Waals surface area (Å²) in [5, 5.41) is 5.85. The highest BCUT2D eigenvalue weighted by Gasteiger charge is 2.03. The molecular formula is C13H21N3O2.